The van der Waals surface area contributed by atoms with E-state index in [1.54, 1.807) is 6.20 Å². The van der Waals surface area contributed by atoms with Gasteiger partial charge in [0.1, 0.15) is 9.35 Å². The van der Waals surface area contributed by atoms with Crippen LogP contribution in [0.2, 0.25) is 0 Å². The van der Waals surface area contributed by atoms with Crippen LogP contribution in [0.25, 0.3) is 0 Å². The molecule has 1 fully saturated rings. The number of fused-ring (bicyclic) bond motifs is 1. The van der Waals surface area contributed by atoms with Crippen molar-refractivity contribution in [3.8, 4) is 0 Å². The lowest BCUT2D eigenvalue weighted by Crippen LogP contribution is -2.50. The third-order valence-corrected chi connectivity index (χ3v) is 8.11. The average Bonchev–Trinajstić information content (AvgIpc) is 3.01. The summed E-state index contributed by atoms with van der Waals surface area (Å²) in [6, 6.07) is 4.00. The average molecular weight is 507 g/mol. The van der Waals surface area contributed by atoms with Gasteiger partial charge < -0.3 is 15.2 Å². The standard InChI is InChI=1S/C21H27BrN6O2S/c1-20(2,3)31(30)27-17-13-5-4-8-24-14(13)11-21(17)6-9-28(10-7-21)19-16(18(23)29)26-15(22)12-25-19/h4-5,8,12,17,27H,6-7,9-11H2,1-3H3,(H2,23,29)/t17-,31?/m1/s1. The molecule has 4 rings (SSSR count). The number of rotatable bonds is 4. The molecule has 0 radical (unpaired) electrons. The SMILES string of the molecule is CC(C)(C)[S+]([O-])N[C@@H]1c2cccnc2CC12CCN(c1ncc(Br)nc1C(N)=O)CC2. The molecule has 2 atom stereocenters. The number of amides is 1. The van der Waals surface area contributed by atoms with Gasteiger partial charge in [0.25, 0.3) is 5.91 Å². The molecule has 3 heterocycles. The van der Waals surface area contributed by atoms with E-state index in [0.717, 1.165) is 30.5 Å². The number of hydrogen-bond acceptors (Lipinski definition) is 7. The number of anilines is 1. The molecule has 2 aromatic heterocycles. The fourth-order valence-corrected chi connectivity index (χ4v) is 5.71. The summed E-state index contributed by atoms with van der Waals surface area (Å²) in [5.41, 5.74) is 7.82. The van der Waals surface area contributed by atoms with E-state index in [4.69, 9.17) is 5.73 Å². The van der Waals surface area contributed by atoms with Crippen molar-refractivity contribution in [1.29, 1.82) is 0 Å². The first kappa shape index (κ1) is 22.4. The summed E-state index contributed by atoms with van der Waals surface area (Å²) in [5, 5.41) is 0. The van der Waals surface area contributed by atoms with E-state index in [1.165, 1.54) is 0 Å². The number of halogens is 1. The molecule has 1 amide bonds. The highest BCUT2D eigenvalue weighted by atomic mass is 79.9. The number of nitrogens with one attached hydrogen (secondary N) is 1. The first-order valence-corrected chi connectivity index (χ1v) is 12.2. The van der Waals surface area contributed by atoms with Gasteiger partial charge in [0, 0.05) is 41.8 Å². The molecule has 0 bridgehead atoms. The number of primary amides is 1. The van der Waals surface area contributed by atoms with Gasteiger partial charge in [-0.1, -0.05) is 6.07 Å². The summed E-state index contributed by atoms with van der Waals surface area (Å²) in [5.74, 6) is -0.0800. The Labute approximate surface area is 193 Å². The molecule has 1 spiro atoms. The third-order valence-electron chi connectivity index (χ3n) is 6.17. The minimum atomic E-state index is -1.20. The van der Waals surface area contributed by atoms with Crippen molar-refractivity contribution in [2.75, 3.05) is 18.0 Å². The van der Waals surface area contributed by atoms with Gasteiger partial charge in [0.05, 0.1) is 12.2 Å². The molecule has 10 heteroatoms. The van der Waals surface area contributed by atoms with Crippen molar-refractivity contribution in [2.24, 2.45) is 11.1 Å². The van der Waals surface area contributed by atoms with Crippen LogP contribution < -0.4 is 15.4 Å². The maximum absolute atomic E-state index is 13.0. The first-order valence-electron chi connectivity index (χ1n) is 10.3. The van der Waals surface area contributed by atoms with Crippen molar-refractivity contribution >= 4 is 39.0 Å². The molecule has 31 heavy (non-hydrogen) atoms. The van der Waals surface area contributed by atoms with Gasteiger partial charge in [-0.3, -0.25) is 9.78 Å². The van der Waals surface area contributed by atoms with E-state index in [0.29, 0.717) is 23.5 Å². The summed E-state index contributed by atoms with van der Waals surface area (Å²) in [6.07, 6.45) is 5.93. The monoisotopic (exact) mass is 506 g/mol. The Bertz CT molecular complexity index is 990. The molecule has 1 unspecified atom stereocenters. The largest absolute Gasteiger partial charge is 0.598 e. The van der Waals surface area contributed by atoms with E-state index < -0.39 is 17.3 Å². The van der Waals surface area contributed by atoms with E-state index in [9.17, 15) is 9.35 Å². The zero-order valence-corrected chi connectivity index (χ0v) is 20.3. The zero-order chi connectivity index (χ0) is 22.4. The lowest BCUT2D eigenvalue weighted by Gasteiger charge is -2.44. The van der Waals surface area contributed by atoms with E-state index in [-0.39, 0.29) is 21.9 Å². The molecule has 1 aliphatic heterocycles. The lowest BCUT2D eigenvalue weighted by molar-refractivity contribution is 0.0995. The Morgan fingerprint density at radius 3 is 2.71 bits per heavy atom. The number of nitrogens with two attached hydrogens (primary N) is 1. The molecule has 166 valence electrons. The minimum absolute atomic E-state index is 0.0370. The number of pyridine rings is 1. The molecular weight excluding hydrogens is 480 g/mol. The number of hydrogen-bond donors (Lipinski definition) is 2. The van der Waals surface area contributed by atoms with Gasteiger partial charge in [-0.2, -0.15) is 0 Å². The van der Waals surface area contributed by atoms with E-state index >= 15 is 0 Å². The Morgan fingerprint density at radius 1 is 1.35 bits per heavy atom. The Hall–Kier alpha value is -1.75. The summed E-state index contributed by atoms with van der Waals surface area (Å²) in [7, 11) is 0. The van der Waals surface area contributed by atoms with Crippen LogP contribution in [0.4, 0.5) is 5.82 Å². The van der Waals surface area contributed by atoms with Gasteiger partial charge in [-0.15, -0.1) is 4.72 Å². The smallest absolute Gasteiger partial charge is 0.271 e. The molecule has 0 aromatic carbocycles. The number of nitrogens with zero attached hydrogens (tertiary/aromatic N) is 4. The second-order valence-electron chi connectivity index (χ2n) is 9.23. The Balaban J connectivity index is 1.60. The fourth-order valence-electron chi connectivity index (χ4n) is 4.49. The molecular formula is C21H27BrN6O2S. The quantitative estimate of drug-likeness (QED) is 0.611. The van der Waals surface area contributed by atoms with Crippen LogP contribution in [-0.4, -0.2) is 43.2 Å². The topological polar surface area (TPSA) is 120 Å². The van der Waals surface area contributed by atoms with Gasteiger partial charge in [-0.05, 0) is 67.6 Å². The lowest BCUT2D eigenvalue weighted by atomic mass is 9.73. The fraction of sp³-hybridized carbons (Fsp3) is 0.524. The highest BCUT2D eigenvalue weighted by Gasteiger charge is 2.51. The molecule has 8 nitrogen and oxygen atoms in total. The highest BCUT2D eigenvalue weighted by molar-refractivity contribution is 9.10. The van der Waals surface area contributed by atoms with Crippen molar-refractivity contribution < 1.29 is 9.35 Å². The second-order valence-corrected chi connectivity index (χ2v) is 12.0. The third kappa shape index (κ3) is 4.30. The number of piperidine rings is 1. The van der Waals surface area contributed by atoms with Gasteiger partial charge in [-0.25, -0.2) is 9.97 Å². The van der Waals surface area contributed by atoms with Crippen LogP contribution in [0, 0.1) is 5.41 Å². The van der Waals surface area contributed by atoms with Gasteiger partial charge in [0.15, 0.2) is 11.5 Å². The summed E-state index contributed by atoms with van der Waals surface area (Å²) < 4.78 is 16.5. The molecule has 2 aromatic rings. The normalized spacial score (nSPS) is 21.2. The van der Waals surface area contributed by atoms with Crippen molar-refractivity contribution in [2.45, 2.75) is 50.8 Å². The maximum atomic E-state index is 13.0. The zero-order valence-electron chi connectivity index (χ0n) is 17.9. The molecule has 0 saturated carbocycles. The number of carbonyl (C=O) groups is 1. The first-order chi connectivity index (χ1) is 14.6. The molecule has 3 N–H and O–H groups in total. The molecule has 1 saturated heterocycles. The van der Waals surface area contributed by atoms with Crippen LogP contribution in [-0.2, 0) is 17.8 Å². The summed E-state index contributed by atoms with van der Waals surface area (Å²) in [6.45, 7) is 7.32. The van der Waals surface area contributed by atoms with Crippen LogP contribution >= 0.6 is 15.9 Å². The van der Waals surface area contributed by atoms with E-state index in [2.05, 4.69) is 46.6 Å². The highest BCUT2D eigenvalue weighted by Crippen LogP contribution is 2.52. The van der Waals surface area contributed by atoms with Crippen molar-refractivity contribution in [1.82, 2.24) is 19.7 Å². The van der Waals surface area contributed by atoms with Gasteiger partial charge in [0.2, 0.25) is 0 Å². The van der Waals surface area contributed by atoms with Crippen molar-refractivity contribution in [3.05, 3.63) is 46.1 Å². The summed E-state index contributed by atoms with van der Waals surface area (Å²) in [4.78, 5) is 27.2. The van der Waals surface area contributed by atoms with Crippen LogP contribution in [0.1, 0.15) is 61.4 Å². The number of carbonyl (C=O) groups excluding carboxylic acids is 1. The van der Waals surface area contributed by atoms with Gasteiger partial charge >= 0.3 is 0 Å². The summed E-state index contributed by atoms with van der Waals surface area (Å²) >= 11 is 2.06. The molecule has 1 aliphatic carbocycles. The maximum Gasteiger partial charge on any atom is 0.271 e. The van der Waals surface area contributed by atoms with Crippen molar-refractivity contribution in [3.63, 3.8) is 0 Å². The molecule has 2 aliphatic rings. The predicted octanol–water partition coefficient (Wildman–Crippen LogP) is 2.67. The van der Waals surface area contributed by atoms with E-state index in [1.807, 2.05) is 33.0 Å². The number of aromatic nitrogens is 3. The second kappa shape index (κ2) is 8.31. The van der Waals surface area contributed by atoms with Crippen LogP contribution in [0.5, 0.6) is 0 Å². The van der Waals surface area contributed by atoms with Crippen LogP contribution in [0.3, 0.4) is 0 Å². The predicted molar refractivity (Wildman–Crippen MR) is 124 cm³/mol. The minimum Gasteiger partial charge on any atom is -0.598 e. The van der Waals surface area contributed by atoms with Crippen LogP contribution in [0.15, 0.2) is 29.1 Å². The Morgan fingerprint density at radius 2 is 2.06 bits per heavy atom. The Kier molecular flexibility index (Phi) is 6.01.